The highest BCUT2D eigenvalue weighted by Gasteiger charge is 2.24. The summed E-state index contributed by atoms with van der Waals surface area (Å²) in [5.74, 6) is 0.225. The van der Waals surface area contributed by atoms with Crippen molar-refractivity contribution >= 4 is 21.4 Å². The molecular formula is C11H17NO2S2. The summed E-state index contributed by atoms with van der Waals surface area (Å²) in [6, 6.07) is 2.06. The quantitative estimate of drug-likeness (QED) is 0.903. The van der Waals surface area contributed by atoms with Crippen molar-refractivity contribution in [1.82, 2.24) is 4.72 Å². The van der Waals surface area contributed by atoms with Crippen LogP contribution in [0.4, 0.5) is 0 Å². The Morgan fingerprint density at radius 3 is 3.12 bits per heavy atom. The number of rotatable bonds is 4. The summed E-state index contributed by atoms with van der Waals surface area (Å²) >= 11 is 1.73. The van der Waals surface area contributed by atoms with Gasteiger partial charge in [-0.25, -0.2) is 13.1 Å². The van der Waals surface area contributed by atoms with Gasteiger partial charge in [-0.05, 0) is 42.7 Å². The summed E-state index contributed by atoms with van der Waals surface area (Å²) in [5.41, 5.74) is 1.19. The smallest absolute Gasteiger partial charge is 0.212 e. The second-order valence-electron chi connectivity index (χ2n) is 4.18. The van der Waals surface area contributed by atoms with Gasteiger partial charge in [0.25, 0.3) is 0 Å². The van der Waals surface area contributed by atoms with Gasteiger partial charge in [0, 0.05) is 10.9 Å². The summed E-state index contributed by atoms with van der Waals surface area (Å²) < 4.78 is 26.3. The van der Waals surface area contributed by atoms with E-state index >= 15 is 0 Å². The van der Waals surface area contributed by atoms with Crippen molar-refractivity contribution < 1.29 is 8.42 Å². The Balaban J connectivity index is 2.14. The Morgan fingerprint density at radius 1 is 1.56 bits per heavy atom. The summed E-state index contributed by atoms with van der Waals surface area (Å²) in [4.78, 5) is 1.34. The van der Waals surface area contributed by atoms with E-state index in [1.54, 1.807) is 11.3 Å². The molecule has 0 saturated heterocycles. The number of hydrogen-bond donors (Lipinski definition) is 1. The van der Waals surface area contributed by atoms with E-state index in [0.29, 0.717) is 6.42 Å². The average Bonchev–Trinajstić information content (AvgIpc) is 2.65. The number of thiophene rings is 1. The minimum atomic E-state index is -3.10. The highest BCUT2D eigenvalue weighted by atomic mass is 32.2. The van der Waals surface area contributed by atoms with Crippen LogP contribution in [0.2, 0.25) is 0 Å². The van der Waals surface area contributed by atoms with Gasteiger partial charge >= 0.3 is 0 Å². The molecule has 2 rings (SSSR count). The number of fused-ring (bicyclic) bond motifs is 1. The van der Waals surface area contributed by atoms with Crippen molar-refractivity contribution in [1.29, 1.82) is 0 Å². The highest BCUT2D eigenvalue weighted by Crippen LogP contribution is 2.33. The molecule has 0 aliphatic heterocycles. The molecule has 1 aromatic rings. The number of hydrogen-bond acceptors (Lipinski definition) is 3. The Morgan fingerprint density at radius 2 is 2.38 bits per heavy atom. The van der Waals surface area contributed by atoms with Crippen molar-refractivity contribution in [3.63, 3.8) is 0 Å². The maximum atomic E-state index is 11.7. The standard InChI is InChI=1S/C11H17NO2S2/c1-2-8-16(13,14)12-10-4-3-5-11-9(10)6-7-15-11/h6-7,10,12H,2-5,8H2,1H3. The fourth-order valence-corrected chi connectivity index (χ4v) is 4.47. The topological polar surface area (TPSA) is 46.2 Å². The van der Waals surface area contributed by atoms with Crippen LogP contribution in [0.25, 0.3) is 0 Å². The van der Waals surface area contributed by atoms with Gasteiger partial charge in [0.1, 0.15) is 0 Å². The van der Waals surface area contributed by atoms with Crippen molar-refractivity contribution in [3.05, 3.63) is 21.9 Å². The van der Waals surface area contributed by atoms with E-state index in [2.05, 4.69) is 16.2 Å². The molecule has 3 nitrogen and oxygen atoms in total. The van der Waals surface area contributed by atoms with Crippen LogP contribution < -0.4 is 4.72 Å². The first-order valence-corrected chi connectivity index (χ1v) is 8.22. The summed E-state index contributed by atoms with van der Waals surface area (Å²) in [7, 11) is -3.10. The molecule has 1 heterocycles. The van der Waals surface area contributed by atoms with Crippen LogP contribution in [0, 0.1) is 0 Å². The van der Waals surface area contributed by atoms with Crippen LogP contribution in [0.5, 0.6) is 0 Å². The monoisotopic (exact) mass is 259 g/mol. The van der Waals surface area contributed by atoms with E-state index in [4.69, 9.17) is 0 Å². The Kier molecular flexibility index (Phi) is 3.66. The van der Waals surface area contributed by atoms with Crippen LogP contribution in [0.15, 0.2) is 11.4 Å². The van der Waals surface area contributed by atoms with Crippen LogP contribution in [-0.2, 0) is 16.4 Å². The van der Waals surface area contributed by atoms with E-state index in [-0.39, 0.29) is 11.8 Å². The predicted octanol–water partition coefficient (Wildman–Crippen LogP) is 2.45. The lowest BCUT2D eigenvalue weighted by atomic mass is 9.95. The van der Waals surface area contributed by atoms with Gasteiger partial charge in [-0.2, -0.15) is 0 Å². The first-order valence-electron chi connectivity index (χ1n) is 5.68. The molecule has 1 N–H and O–H groups in total. The first kappa shape index (κ1) is 12.1. The fourth-order valence-electron chi connectivity index (χ4n) is 2.15. The second-order valence-corrected chi connectivity index (χ2v) is 7.05. The lowest BCUT2D eigenvalue weighted by Gasteiger charge is -2.23. The van der Waals surface area contributed by atoms with Crippen molar-refractivity contribution in [2.24, 2.45) is 0 Å². The third-order valence-corrected chi connectivity index (χ3v) is 5.43. The zero-order chi connectivity index (χ0) is 11.6. The third-order valence-electron chi connectivity index (χ3n) is 2.85. The highest BCUT2D eigenvalue weighted by molar-refractivity contribution is 7.89. The van der Waals surface area contributed by atoms with Gasteiger partial charge in [-0.1, -0.05) is 6.92 Å². The molecule has 0 saturated carbocycles. The van der Waals surface area contributed by atoms with E-state index in [9.17, 15) is 8.42 Å². The lowest BCUT2D eigenvalue weighted by molar-refractivity contribution is 0.511. The number of nitrogens with one attached hydrogen (secondary N) is 1. The maximum Gasteiger partial charge on any atom is 0.212 e. The molecule has 1 unspecified atom stereocenters. The fraction of sp³-hybridized carbons (Fsp3) is 0.636. The average molecular weight is 259 g/mol. The molecular weight excluding hydrogens is 242 g/mol. The molecule has 0 aromatic carbocycles. The molecule has 0 spiro atoms. The maximum absolute atomic E-state index is 11.7. The van der Waals surface area contributed by atoms with E-state index in [1.165, 1.54) is 10.4 Å². The minimum Gasteiger partial charge on any atom is -0.212 e. The Bertz CT molecular complexity index is 450. The summed E-state index contributed by atoms with van der Waals surface area (Å²) in [6.45, 7) is 1.89. The van der Waals surface area contributed by atoms with Crippen LogP contribution in [0.1, 0.15) is 42.7 Å². The normalized spacial score (nSPS) is 20.7. The zero-order valence-corrected chi connectivity index (χ0v) is 11.0. The summed E-state index contributed by atoms with van der Waals surface area (Å²) in [5, 5.41) is 2.05. The Labute approximate surface area is 101 Å². The molecule has 0 radical (unpaired) electrons. The van der Waals surface area contributed by atoms with Gasteiger partial charge in [0.05, 0.1) is 5.75 Å². The predicted molar refractivity (Wildman–Crippen MR) is 67.2 cm³/mol. The minimum absolute atomic E-state index is 0.00606. The number of aryl methyl sites for hydroxylation is 1. The molecule has 90 valence electrons. The van der Waals surface area contributed by atoms with Crippen LogP contribution in [0.3, 0.4) is 0 Å². The molecule has 1 aliphatic rings. The molecule has 5 heteroatoms. The number of sulfonamides is 1. The SMILES string of the molecule is CCCS(=O)(=O)NC1CCCc2sccc21. The van der Waals surface area contributed by atoms with Gasteiger partial charge in [0.15, 0.2) is 0 Å². The van der Waals surface area contributed by atoms with Crippen LogP contribution >= 0.6 is 11.3 Å². The third kappa shape index (κ3) is 2.64. The van der Waals surface area contributed by atoms with E-state index in [1.807, 2.05) is 6.92 Å². The zero-order valence-electron chi connectivity index (χ0n) is 9.40. The first-order chi connectivity index (χ1) is 7.62. The molecule has 0 amide bonds. The van der Waals surface area contributed by atoms with Gasteiger partial charge in [-0.3, -0.25) is 0 Å². The second kappa shape index (κ2) is 4.85. The van der Waals surface area contributed by atoms with E-state index < -0.39 is 10.0 Å². The summed E-state index contributed by atoms with van der Waals surface area (Å²) in [6.07, 6.45) is 3.76. The van der Waals surface area contributed by atoms with Gasteiger partial charge in [-0.15, -0.1) is 11.3 Å². The van der Waals surface area contributed by atoms with Gasteiger partial charge in [0.2, 0.25) is 10.0 Å². The van der Waals surface area contributed by atoms with E-state index in [0.717, 1.165) is 19.3 Å². The van der Waals surface area contributed by atoms with Crippen molar-refractivity contribution in [3.8, 4) is 0 Å². The lowest BCUT2D eigenvalue weighted by Crippen LogP contribution is -2.32. The molecule has 1 aromatic heterocycles. The van der Waals surface area contributed by atoms with Crippen molar-refractivity contribution in [2.75, 3.05) is 5.75 Å². The molecule has 1 aliphatic carbocycles. The van der Waals surface area contributed by atoms with Gasteiger partial charge < -0.3 is 0 Å². The van der Waals surface area contributed by atoms with Crippen LogP contribution in [-0.4, -0.2) is 14.2 Å². The molecule has 1 atom stereocenters. The van der Waals surface area contributed by atoms with Crippen molar-refractivity contribution in [2.45, 2.75) is 38.6 Å². The largest absolute Gasteiger partial charge is 0.212 e. The molecule has 0 bridgehead atoms. The molecule has 0 fully saturated rings. The molecule has 16 heavy (non-hydrogen) atoms. The Hall–Kier alpha value is -0.390.